The third kappa shape index (κ3) is 6.25. The number of rotatable bonds is 14. The van der Waals surface area contributed by atoms with Crippen molar-refractivity contribution in [2.75, 3.05) is 33.6 Å². The van der Waals surface area contributed by atoms with Crippen LogP contribution in [-0.4, -0.2) is 49.6 Å². The molecule has 4 rings (SSSR count). The van der Waals surface area contributed by atoms with Gasteiger partial charge in [-0.25, -0.2) is 0 Å². The fourth-order valence-electron chi connectivity index (χ4n) is 4.62. The minimum Gasteiger partial charge on any atom is -0.493 e. The van der Waals surface area contributed by atoms with E-state index in [1.807, 2.05) is 24.3 Å². The summed E-state index contributed by atoms with van der Waals surface area (Å²) in [5.41, 5.74) is 5.45. The first-order valence-electron chi connectivity index (χ1n) is 12.2. The number of carbonyl (C=O) groups is 1. The highest BCUT2D eigenvalue weighted by Crippen LogP contribution is 2.44. The number of nitrogens with zero attached hydrogens (tertiary/aromatic N) is 1. The Labute approximate surface area is 215 Å². The second-order valence-electron chi connectivity index (χ2n) is 8.73. The molecule has 9 heteroatoms. The summed E-state index contributed by atoms with van der Waals surface area (Å²) in [7, 11) is 1.46. The fraction of sp³-hybridized carbons (Fsp3) is 0.321. The number of aliphatic carboxylic acids is 1. The number of nitro benzene ring substituents is 1. The van der Waals surface area contributed by atoms with Crippen molar-refractivity contribution in [3.8, 4) is 22.6 Å². The number of hydrogen-bond acceptors (Lipinski definition) is 7. The third-order valence-corrected chi connectivity index (χ3v) is 6.38. The van der Waals surface area contributed by atoms with E-state index < -0.39 is 10.9 Å². The average molecular weight is 507 g/mol. The van der Waals surface area contributed by atoms with E-state index in [1.54, 1.807) is 6.07 Å². The summed E-state index contributed by atoms with van der Waals surface area (Å²) in [5.74, 6) is -0.170. The van der Waals surface area contributed by atoms with Crippen LogP contribution in [0.15, 0.2) is 60.7 Å². The molecular formula is C28H30N2O7. The molecule has 0 aliphatic heterocycles. The lowest BCUT2D eigenvalue weighted by Gasteiger charge is -2.15. The summed E-state index contributed by atoms with van der Waals surface area (Å²) in [5, 5.41) is 23.6. The van der Waals surface area contributed by atoms with E-state index in [2.05, 4.69) is 29.6 Å². The summed E-state index contributed by atoms with van der Waals surface area (Å²) in [6.45, 7) is 1.44. The lowest BCUT2D eigenvalue weighted by atomic mass is 9.98. The molecule has 37 heavy (non-hydrogen) atoms. The van der Waals surface area contributed by atoms with Crippen LogP contribution < -0.4 is 14.8 Å². The monoisotopic (exact) mass is 506 g/mol. The lowest BCUT2D eigenvalue weighted by molar-refractivity contribution is -0.385. The van der Waals surface area contributed by atoms with Gasteiger partial charge in [0.05, 0.1) is 38.0 Å². The molecule has 0 saturated heterocycles. The SMILES string of the molecule is COc1cc(CCNCOCC2c3ccccc3-c3ccccc32)c([N+](=O)[O-])cc1OCCCC(=O)O. The Balaban J connectivity index is 1.30. The number of carboxylic acids is 1. The molecule has 1 aliphatic rings. The molecule has 0 heterocycles. The van der Waals surface area contributed by atoms with Crippen molar-refractivity contribution in [3.05, 3.63) is 87.5 Å². The topological polar surface area (TPSA) is 120 Å². The normalized spacial score (nSPS) is 12.1. The summed E-state index contributed by atoms with van der Waals surface area (Å²) in [6, 6.07) is 19.7. The van der Waals surface area contributed by atoms with Crippen molar-refractivity contribution in [1.29, 1.82) is 0 Å². The molecule has 0 aromatic heterocycles. The highest BCUT2D eigenvalue weighted by molar-refractivity contribution is 5.78. The van der Waals surface area contributed by atoms with Gasteiger partial charge in [-0.1, -0.05) is 48.5 Å². The van der Waals surface area contributed by atoms with Gasteiger partial charge in [0, 0.05) is 24.4 Å². The molecule has 0 amide bonds. The zero-order chi connectivity index (χ0) is 26.2. The van der Waals surface area contributed by atoms with Crippen molar-refractivity contribution < 1.29 is 29.0 Å². The Morgan fingerprint density at radius 2 is 1.73 bits per heavy atom. The van der Waals surface area contributed by atoms with E-state index in [-0.39, 0.29) is 36.8 Å². The number of hydrogen-bond donors (Lipinski definition) is 2. The maximum absolute atomic E-state index is 11.7. The van der Waals surface area contributed by atoms with Gasteiger partial charge >= 0.3 is 5.97 Å². The van der Waals surface area contributed by atoms with Gasteiger partial charge in [0.25, 0.3) is 5.69 Å². The van der Waals surface area contributed by atoms with E-state index in [0.717, 1.165) is 0 Å². The number of nitrogens with one attached hydrogen (secondary N) is 1. The number of fused-ring (bicyclic) bond motifs is 3. The zero-order valence-corrected chi connectivity index (χ0v) is 20.6. The fourth-order valence-corrected chi connectivity index (χ4v) is 4.62. The largest absolute Gasteiger partial charge is 0.493 e. The van der Waals surface area contributed by atoms with E-state index in [0.29, 0.717) is 37.6 Å². The molecule has 0 atom stereocenters. The van der Waals surface area contributed by atoms with Crippen molar-refractivity contribution in [2.45, 2.75) is 25.2 Å². The van der Waals surface area contributed by atoms with Gasteiger partial charge in [0.2, 0.25) is 0 Å². The van der Waals surface area contributed by atoms with Crippen LogP contribution in [0.25, 0.3) is 11.1 Å². The molecule has 0 bridgehead atoms. The average Bonchev–Trinajstić information content (AvgIpc) is 3.22. The predicted molar refractivity (Wildman–Crippen MR) is 138 cm³/mol. The van der Waals surface area contributed by atoms with Crippen molar-refractivity contribution >= 4 is 11.7 Å². The molecular weight excluding hydrogens is 476 g/mol. The van der Waals surface area contributed by atoms with Gasteiger partial charge in [0.1, 0.15) is 0 Å². The number of carboxylic acid groups (broad SMARTS) is 1. The van der Waals surface area contributed by atoms with Crippen LogP contribution >= 0.6 is 0 Å². The van der Waals surface area contributed by atoms with Crippen LogP contribution in [0.3, 0.4) is 0 Å². The molecule has 3 aromatic carbocycles. The molecule has 0 unspecified atom stereocenters. The smallest absolute Gasteiger partial charge is 0.303 e. The maximum atomic E-state index is 11.7. The Hall–Kier alpha value is -3.95. The highest BCUT2D eigenvalue weighted by atomic mass is 16.6. The second-order valence-corrected chi connectivity index (χ2v) is 8.73. The van der Waals surface area contributed by atoms with Gasteiger partial charge in [-0.05, 0) is 41.2 Å². The molecule has 9 nitrogen and oxygen atoms in total. The molecule has 3 aromatic rings. The Morgan fingerprint density at radius 1 is 1.05 bits per heavy atom. The lowest BCUT2D eigenvalue weighted by Crippen LogP contribution is -2.22. The van der Waals surface area contributed by atoms with Crippen molar-refractivity contribution in [2.24, 2.45) is 0 Å². The highest BCUT2D eigenvalue weighted by Gasteiger charge is 2.28. The van der Waals surface area contributed by atoms with Gasteiger partial charge in [0.15, 0.2) is 11.5 Å². The molecule has 0 spiro atoms. The first kappa shape index (κ1) is 26.1. The Kier molecular flexibility index (Phi) is 8.71. The van der Waals surface area contributed by atoms with Gasteiger partial charge < -0.3 is 19.3 Å². The third-order valence-electron chi connectivity index (χ3n) is 6.38. The van der Waals surface area contributed by atoms with Crippen LogP contribution in [-0.2, 0) is 16.0 Å². The molecule has 0 radical (unpaired) electrons. The van der Waals surface area contributed by atoms with Crippen LogP contribution in [0.1, 0.15) is 35.4 Å². The predicted octanol–water partition coefficient (Wildman–Crippen LogP) is 4.77. The Morgan fingerprint density at radius 3 is 2.35 bits per heavy atom. The van der Waals surface area contributed by atoms with Gasteiger partial charge in [-0.3, -0.25) is 20.2 Å². The number of benzene rings is 3. The molecule has 194 valence electrons. The van der Waals surface area contributed by atoms with Crippen LogP contribution in [0.4, 0.5) is 5.69 Å². The summed E-state index contributed by atoms with van der Waals surface area (Å²) < 4.78 is 16.9. The van der Waals surface area contributed by atoms with E-state index >= 15 is 0 Å². The summed E-state index contributed by atoms with van der Waals surface area (Å²) in [6.07, 6.45) is 0.635. The number of ether oxygens (including phenoxy) is 3. The first-order valence-corrected chi connectivity index (χ1v) is 12.2. The van der Waals surface area contributed by atoms with Gasteiger partial charge in [-0.2, -0.15) is 0 Å². The van der Waals surface area contributed by atoms with Crippen LogP contribution in [0, 0.1) is 10.1 Å². The Bertz CT molecular complexity index is 1220. The van der Waals surface area contributed by atoms with E-state index in [9.17, 15) is 14.9 Å². The number of nitro groups is 1. The van der Waals surface area contributed by atoms with Gasteiger partial charge in [-0.15, -0.1) is 0 Å². The van der Waals surface area contributed by atoms with Crippen LogP contribution in [0.5, 0.6) is 11.5 Å². The maximum Gasteiger partial charge on any atom is 0.303 e. The standard InChI is InChI=1S/C28H30N2O7/c1-35-26-15-19(25(30(33)34)16-27(26)37-14-6-11-28(31)32)12-13-29-18-36-17-24-22-9-4-2-7-20(22)21-8-3-5-10-23(21)24/h2-5,7-10,15-16,24,29H,6,11-14,17-18H2,1H3,(H,31,32). The van der Waals surface area contributed by atoms with Crippen LogP contribution in [0.2, 0.25) is 0 Å². The molecule has 0 saturated carbocycles. The molecule has 1 aliphatic carbocycles. The quantitative estimate of drug-likeness (QED) is 0.139. The molecule has 2 N–H and O–H groups in total. The molecule has 0 fully saturated rings. The number of methoxy groups -OCH3 is 1. The first-order chi connectivity index (χ1) is 18.0. The summed E-state index contributed by atoms with van der Waals surface area (Å²) in [4.78, 5) is 21.9. The van der Waals surface area contributed by atoms with Crippen molar-refractivity contribution in [1.82, 2.24) is 5.32 Å². The zero-order valence-electron chi connectivity index (χ0n) is 20.6. The van der Waals surface area contributed by atoms with E-state index in [1.165, 1.54) is 35.4 Å². The minimum absolute atomic E-state index is 0.0456. The van der Waals surface area contributed by atoms with E-state index in [4.69, 9.17) is 19.3 Å². The minimum atomic E-state index is -0.925. The second kappa shape index (κ2) is 12.3. The van der Waals surface area contributed by atoms with Crippen molar-refractivity contribution in [3.63, 3.8) is 0 Å². The summed E-state index contributed by atoms with van der Waals surface area (Å²) >= 11 is 0.